The zero-order valence-electron chi connectivity index (χ0n) is 11.6. The van der Waals surface area contributed by atoms with Gasteiger partial charge in [0.2, 0.25) is 0 Å². The van der Waals surface area contributed by atoms with E-state index in [4.69, 9.17) is 5.73 Å². The predicted molar refractivity (Wildman–Crippen MR) is 76.4 cm³/mol. The molecule has 0 radical (unpaired) electrons. The van der Waals surface area contributed by atoms with E-state index >= 15 is 0 Å². The zero-order valence-corrected chi connectivity index (χ0v) is 11.6. The highest BCUT2D eigenvalue weighted by Gasteiger charge is 2.19. The summed E-state index contributed by atoms with van der Waals surface area (Å²) in [5, 5.41) is 7.62. The van der Waals surface area contributed by atoms with Crippen molar-refractivity contribution in [3.8, 4) is 0 Å². The van der Waals surface area contributed by atoms with Gasteiger partial charge in [0.15, 0.2) is 0 Å². The van der Waals surface area contributed by atoms with Crippen molar-refractivity contribution in [3.63, 3.8) is 0 Å². The van der Waals surface area contributed by atoms with E-state index in [9.17, 15) is 0 Å². The Labute approximate surface area is 111 Å². The lowest BCUT2D eigenvalue weighted by molar-refractivity contribution is 0.499. The second kappa shape index (κ2) is 10.1. The molecule has 1 heterocycles. The van der Waals surface area contributed by atoms with Crippen molar-refractivity contribution in [1.82, 2.24) is 0 Å². The van der Waals surface area contributed by atoms with E-state index < -0.39 is 0 Å². The van der Waals surface area contributed by atoms with Crippen molar-refractivity contribution in [2.24, 2.45) is 21.0 Å². The van der Waals surface area contributed by atoms with Gasteiger partial charge < -0.3 is 5.73 Å². The van der Waals surface area contributed by atoms with Gasteiger partial charge in [0.1, 0.15) is 0 Å². The Morgan fingerprint density at radius 3 is 2.44 bits per heavy atom. The van der Waals surface area contributed by atoms with Crippen molar-refractivity contribution < 1.29 is 0 Å². The summed E-state index contributed by atoms with van der Waals surface area (Å²) in [6.45, 7) is 2.25. The summed E-state index contributed by atoms with van der Waals surface area (Å²) in [7, 11) is 0. The van der Waals surface area contributed by atoms with Crippen LogP contribution in [0.15, 0.2) is 15.2 Å². The van der Waals surface area contributed by atoms with Gasteiger partial charge in [-0.3, -0.25) is 0 Å². The highest BCUT2D eigenvalue weighted by atomic mass is 15.3. The van der Waals surface area contributed by atoms with Gasteiger partial charge in [-0.1, -0.05) is 51.9 Å². The van der Waals surface area contributed by atoms with Crippen LogP contribution in [0.25, 0.3) is 0 Å². The minimum atomic E-state index is 0.291. The summed E-state index contributed by atoms with van der Waals surface area (Å²) in [5.41, 5.74) is 6.08. The molecule has 1 atom stereocenters. The number of nitrogens with zero attached hydrogens (tertiary/aromatic N) is 3. The second-order valence-electron chi connectivity index (χ2n) is 5.09. The molecule has 0 aliphatic carbocycles. The molecule has 0 aromatic rings. The molecule has 4 heteroatoms. The summed E-state index contributed by atoms with van der Waals surface area (Å²) in [5.74, 6) is 0. The molecule has 102 valence electrons. The van der Waals surface area contributed by atoms with Gasteiger partial charge in [-0.2, -0.15) is 0 Å². The maximum Gasteiger partial charge on any atom is 0.295 e. The molecule has 1 unspecified atom stereocenters. The Morgan fingerprint density at radius 2 is 1.78 bits per heavy atom. The second-order valence-corrected chi connectivity index (χ2v) is 5.09. The summed E-state index contributed by atoms with van der Waals surface area (Å²) >= 11 is 0. The molecule has 0 fully saturated rings. The van der Waals surface area contributed by atoms with Crippen molar-refractivity contribution in [3.05, 3.63) is 6.17 Å². The smallest absolute Gasteiger partial charge is 0.295 e. The Kier molecular flexibility index (Phi) is 8.47. The van der Waals surface area contributed by atoms with Gasteiger partial charge in [-0.15, -0.1) is 0 Å². The molecule has 1 aliphatic rings. The summed E-state index contributed by atoms with van der Waals surface area (Å²) in [4.78, 5) is 4.05. The Bertz CT molecular complexity index is 238. The van der Waals surface area contributed by atoms with Gasteiger partial charge in [0, 0.05) is 6.04 Å². The van der Waals surface area contributed by atoms with E-state index in [2.05, 4.69) is 22.1 Å². The van der Waals surface area contributed by atoms with Crippen LogP contribution in [0, 0.1) is 6.17 Å². The zero-order chi connectivity index (χ0) is 13.1. The van der Waals surface area contributed by atoms with E-state index in [1.54, 1.807) is 0 Å². The van der Waals surface area contributed by atoms with Crippen LogP contribution in [0.1, 0.15) is 71.1 Å². The average Bonchev–Trinajstić information content (AvgIpc) is 2.88. The first-order chi connectivity index (χ1) is 8.83. The van der Waals surface area contributed by atoms with Crippen LogP contribution in [0.3, 0.4) is 0 Å². The molecule has 0 spiro atoms. The van der Waals surface area contributed by atoms with Crippen molar-refractivity contribution in [1.29, 1.82) is 0 Å². The van der Waals surface area contributed by atoms with Gasteiger partial charge in [0.05, 0.1) is 6.42 Å². The first-order valence-electron chi connectivity index (χ1n) is 7.37. The molecular formula is C14H27N4+. The minimum Gasteiger partial charge on any atom is -0.328 e. The average molecular weight is 251 g/mol. The third kappa shape index (κ3) is 7.43. The standard InChI is InChI=1S/C14H27N4/c1-2-3-4-5-6-7-8-9-13(15)10-11-14-16-12-17-18-14/h12-13H,2-11,15H2,1H3/q+1. The number of hydrogen-bond acceptors (Lipinski definition) is 4. The van der Waals surface area contributed by atoms with Crippen LogP contribution in [0.2, 0.25) is 0 Å². The van der Waals surface area contributed by atoms with Gasteiger partial charge in [0.25, 0.3) is 12.5 Å². The fourth-order valence-electron chi connectivity index (χ4n) is 2.15. The lowest BCUT2D eigenvalue weighted by Gasteiger charge is -2.09. The first kappa shape index (κ1) is 15.2. The van der Waals surface area contributed by atoms with Gasteiger partial charge in [-0.05, 0) is 28.1 Å². The van der Waals surface area contributed by atoms with Crippen LogP contribution in [-0.2, 0) is 0 Å². The fourth-order valence-corrected chi connectivity index (χ4v) is 2.15. The summed E-state index contributed by atoms with van der Waals surface area (Å²) in [6, 6.07) is 0.291. The Morgan fingerprint density at radius 1 is 1.06 bits per heavy atom. The van der Waals surface area contributed by atoms with Crippen LogP contribution in [-0.4, -0.2) is 12.4 Å². The molecule has 0 saturated carbocycles. The topological polar surface area (TPSA) is 63.1 Å². The van der Waals surface area contributed by atoms with Gasteiger partial charge >= 0.3 is 0 Å². The SMILES string of the molecule is CCCCCCCCCC(N)CC[C+]1N=CN=N1. The molecule has 2 N–H and O–H groups in total. The number of azo groups is 1. The maximum atomic E-state index is 6.08. The third-order valence-electron chi connectivity index (χ3n) is 3.35. The molecule has 1 rings (SSSR count). The van der Waals surface area contributed by atoms with Crippen molar-refractivity contribution >= 4 is 6.34 Å². The maximum absolute atomic E-state index is 6.08. The number of aliphatic imine (C=N–C) groups is 1. The normalized spacial score (nSPS) is 15.6. The fraction of sp³-hybridized carbons (Fsp3) is 0.857. The van der Waals surface area contributed by atoms with Crippen LogP contribution in [0.4, 0.5) is 0 Å². The molecule has 0 bridgehead atoms. The van der Waals surface area contributed by atoms with Crippen LogP contribution < -0.4 is 5.73 Å². The van der Waals surface area contributed by atoms with Crippen molar-refractivity contribution in [2.75, 3.05) is 0 Å². The molecule has 0 aromatic heterocycles. The number of hydrogen-bond donors (Lipinski definition) is 1. The van der Waals surface area contributed by atoms with Crippen LogP contribution in [0.5, 0.6) is 0 Å². The molecule has 0 saturated heterocycles. The monoisotopic (exact) mass is 251 g/mol. The molecule has 0 amide bonds. The molecule has 4 nitrogen and oxygen atoms in total. The Balaban J connectivity index is 1.85. The molecule has 0 aromatic carbocycles. The summed E-state index contributed by atoms with van der Waals surface area (Å²) < 4.78 is 0. The van der Waals surface area contributed by atoms with Gasteiger partial charge in [-0.25, -0.2) is 0 Å². The van der Waals surface area contributed by atoms with Crippen molar-refractivity contribution in [2.45, 2.75) is 77.2 Å². The lowest BCUT2D eigenvalue weighted by atomic mass is 10.0. The van der Waals surface area contributed by atoms with E-state index in [1.165, 1.54) is 51.3 Å². The highest BCUT2D eigenvalue weighted by Crippen LogP contribution is 2.18. The molecular weight excluding hydrogens is 224 g/mol. The third-order valence-corrected chi connectivity index (χ3v) is 3.35. The van der Waals surface area contributed by atoms with E-state index in [-0.39, 0.29) is 0 Å². The largest absolute Gasteiger partial charge is 0.328 e. The Hall–Kier alpha value is -0.900. The van der Waals surface area contributed by atoms with E-state index in [1.807, 2.05) is 0 Å². The summed E-state index contributed by atoms with van der Waals surface area (Å²) in [6.07, 6.45) is 14.7. The number of unbranched alkanes of at least 4 members (excludes halogenated alkanes) is 6. The highest BCUT2D eigenvalue weighted by molar-refractivity contribution is 5.57. The first-order valence-corrected chi connectivity index (χ1v) is 7.37. The number of rotatable bonds is 11. The minimum absolute atomic E-state index is 0.291. The quantitative estimate of drug-likeness (QED) is 0.433. The number of nitrogens with two attached hydrogens (primary N) is 1. The van der Waals surface area contributed by atoms with Crippen LogP contribution >= 0.6 is 0 Å². The molecule has 1 aliphatic heterocycles. The molecule has 18 heavy (non-hydrogen) atoms. The predicted octanol–water partition coefficient (Wildman–Crippen LogP) is 4.22. The lowest BCUT2D eigenvalue weighted by Crippen LogP contribution is -2.20. The van der Waals surface area contributed by atoms with E-state index in [0.717, 1.165) is 25.4 Å². The van der Waals surface area contributed by atoms with E-state index in [0.29, 0.717) is 6.04 Å².